The lowest BCUT2D eigenvalue weighted by Gasteiger charge is -2.18. The van der Waals surface area contributed by atoms with Crippen molar-refractivity contribution in [1.82, 2.24) is 0 Å². The fraction of sp³-hybridized carbons (Fsp3) is 0.125. The maximum absolute atomic E-state index is 12.8. The van der Waals surface area contributed by atoms with Crippen molar-refractivity contribution in [2.75, 3.05) is 6.61 Å². The molecule has 0 saturated carbocycles. The van der Waals surface area contributed by atoms with Crippen LogP contribution in [-0.2, 0) is 4.79 Å². The maximum atomic E-state index is 12.8. The first-order chi connectivity index (χ1) is 14.5. The van der Waals surface area contributed by atoms with Crippen molar-refractivity contribution < 1.29 is 23.8 Å². The number of carboxylic acid groups (broad SMARTS) is 1. The van der Waals surface area contributed by atoms with Crippen LogP contribution in [0.4, 0.5) is 0 Å². The standard InChI is InChI=1S/C24H18O6/c25-22-16(7-4-8-19(22)15-5-2-1-3-6-15)11-12-29-18-10-9-17-13-20(23(26)27)24(28)30-21(17)14-18/h1-10,13-14,16H,11-12H2,(H,26,27). The fourth-order valence-electron chi connectivity index (χ4n) is 3.37. The Balaban J connectivity index is 1.42. The number of Topliss-reactive ketones (excluding diaryl/α,β-unsaturated/α-hetero) is 1. The molecule has 1 aliphatic rings. The third-order valence-electron chi connectivity index (χ3n) is 4.93. The van der Waals surface area contributed by atoms with Crippen LogP contribution >= 0.6 is 0 Å². The van der Waals surface area contributed by atoms with Crippen LogP contribution in [0.3, 0.4) is 0 Å². The molecule has 6 nitrogen and oxygen atoms in total. The highest BCUT2D eigenvalue weighted by Crippen LogP contribution is 2.26. The van der Waals surface area contributed by atoms with Crippen LogP contribution in [0.25, 0.3) is 16.5 Å². The molecule has 0 fully saturated rings. The Kier molecular flexibility index (Phi) is 5.30. The summed E-state index contributed by atoms with van der Waals surface area (Å²) < 4.78 is 10.8. The minimum absolute atomic E-state index is 0.0537. The van der Waals surface area contributed by atoms with E-state index in [0.29, 0.717) is 29.7 Å². The molecule has 1 aromatic heterocycles. The lowest BCUT2D eigenvalue weighted by Crippen LogP contribution is -2.19. The van der Waals surface area contributed by atoms with Gasteiger partial charge in [-0.25, -0.2) is 9.59 Å². The summed E-state index contributed by atoms with van der Waals surface area (Å²) in [6.07, 6.45) is 6.08. The van der Waals surface area contributed by atoms with E-state index in [4.69, 9.17) is 14.3 Å². The SMILES string of the molecule is O=C(O)c1cc2ccc(OCCC3C=CC=C(c4ccccc4)C3=O)cc2oc1=O. The molecule has 0 radical (unpaired) electrons. The summed E-state index contributed by atoms with van der Waals surface area (Å²) in [7, 11) is 0. The molecule has 1 heterocycles. The van der Waals surface area contributed by atoms with Gasteiger partial charge in [0.2, 0.25) is 0 Å². The Morgan fingerprint density at radius 3 is 2.63 bits per heavy atom. The van der Waals surface area contributed by atoms with Gasteiger partial charge in [-0.3, -0.25) is 4.79 Å². The second-order valence-corrected chi connectivity index (χ2v) is 6.89. The van der Waals surface area contributed by atoms with E-state index in [1.807, 2.05) is 48.6 Å². The summed E-state index contributed by atoms with van der Waals surface area (Å²) in [6, 6.07) is 15.6. The first kappa shape index (κ1) is 19.4. The molecule has 1 atom stereocenters. The van der Waals surface area contributed by atoms with E-state index in [9.17, 15) is 14.4 Å². The minimum Gasteiger partial charge on any atom is -0.493 e. The number of carboxylic acids is 1. The van der Waals surface area contributed by atoms with Gasteiger partial charge in [-0.2, -0.15) is 0 Å². The molecule has 0 spiro atoms. The molecule has 3 aromatic rings. The molecule has 1 N–H and O–H groups in total. The zero-order valence-electron chi connectivity index (χ0n) is 15.9. The molecule has 0 aliphatic heterocycles. The maximum Gasteiger partial charge on any atom is 0.351 e. The number of rotatable bonds is 6. The van der Waals surface area contributed by atoms with Gasteiger partial charge in [-0.15, -0.1) is 0 Å². The van der Waals surface area contributed by atoms with E-state index in [0.717, 1.165) is 5.56 Å². The zero-order chi connectivity index (χ0) is 21.1. The van der Waals surface area contributed by atoms with E-state index in [1.165, 1.54) is 12.1 Å². The molecule has 150 valence electrons. The molecule has 0 saturated heterocycles. The minimum atomic E-state index is -1.33. The van der Waals surface area contributed by atoms with Crippen LogP contribution in [-0.4, -0.2) is 23.5 Å². The lowest BCUT2D eigenvalue weighted by atomic mass is 9.87. The number of hydrogen-bond donors (Lipinski definition) is 1. The van der Waals surface area contributed by atoms with Crippen LogP contribution in [0.1, 0.15) is 22.3 Å². The molecule has 1 unspecified atom stereocenters. The molecule has 1 aliphatic carbocycles. The van der Waals surface area contributed by atoms with E-state index >= 15 is 0 Å². The monoisotopic (exact) mass is 402 g/mol. The van der Waals surface area contributed by atoms with Crippen molar-refractivity contribution in [2.24, 2.45) is 5.92 Å². The van der Waals surface area contributed by atoms with E-state index in [2.05, 4.69) is 0 Å². The number of ketones is 1. The summed E-state index contributed by atoms with van der Waals surface area (Å²) in [6.45, 7) is 0.297. The van der Waals surface area contributed by atoms with E-state index in [1.54, 1.807) is 12.1 Å². The van der Waals surface area contributed by atoms with Gasteiger partial charge < -0.3 is 14.3 Å². The molecular weight excluding hydrogens is 384 g/mol. The first-order valence-corrected chi connectivity index (χ1v) is 9.45. The van der Waals surface area contributed by atoms with Crippen LogP contribution in [0.2, 0.25) is 0 Å². The molecule has 4 rings (SSSR count). The summed E-state index contributed by atoms with van der Waals surface area (Å²) in [4.78, 5) is 35.6. The van der Waals surface area contributed by atoms with Crippen LogP contribution in [0, 0.1) is 5.92 Å². The van der Waals surface area contributed by atoms with Crippen LogP contribution in [0.15, 0.2) is 82.0 Å². The second kappa shape index (κ2) is 8.21. The number of hydrogen-bond acceptors (Lipinski definition) is 5. The van der Waals surface area contributed by atoms with Crippen molar-refractivity contribution >= 4 is 28.3 Å². The van der Waals surface area contributed by atoms with Crippen molar-refractivity contribution in [2.45, 2.75) is 6.42 Å². The largest absolute Gasteiger partial charge is 0.493 e. The van der Waals surface area contributed by atoms with Crippen molar-refractivity contribution in [3.63, 3.8) is 0 Å². The van der Waals surface area contributed by atoms with Gasteiger partial charge in [-0.1, -0.05) is 48.6 Å². The summed E-state index contributed by atoms with van der Waals surface area (Å²) in [5, 5.41) is 9.50. The summed E-state index contributed by atoms with van der Waals surface area (Å²) >= 11 is 0. The van der Waals surface area contributed by atoms with Crippen LogP contribution in [0.5, 0.6) is 5.75 Å². The first-order valence-electron chi connectivity index (χ1n) is 9.45. The highest BCUT2D eigenvalue weighted by molar-refractivity contribution is 6.23. The van der Waals surface area contributed by atoms with Crippen molar-refractivity contribution in [3.05, 3.63) is 94.4 Å². The van der Waals surface area contributed by atoms with Gasteiger partial charge >= 0.3 is 11.6 Å². The van der Waals surface area contributed by atoms with Gasteiger partial charge in [-0.05, 0) is 30.2 Å². The lowest BCUT2D eigenvalue weighted by molar-refractivity contribution is -0.116. The average molecular weight is 402 g/mol. The topological polar surface area (TPSA) is 93.8 Å². The highest BCUT2D eigenvalue weighted by Gasteiger charge is 2.23. The predicted octanol–water partition coefficient (Wildman–Crippen LogP) is 4.10. The number of carbonyl (C=O) groups is 2. The third kappa shape index (κ3) is 3.93. The molecule has 2 aromatic carbocycles. The number of aromatic carboxylic acids is 1. The number of carbonyl (C=O) groups excluding carboxylic acids is 1. The molecule has 0 bridgehead atoms. The second-order valence-electron chi connectivity index (χ2n) is 6.89. The number of benzene rings is 2. The van der Waals surface area contributed by atoms with Crippen LogP contribution < -0.4 is 10.4 Å². The Hall–Kier alpha value is -3.93. The Morgan fingerprint density at radius 2 is 1.87 bits per heavy atom. The fourth-order valence-corrected chi connectivity index (χ4v) is 3.37. The van der Waals surface area contributed by atoms with Crippen molar-refractivity contribution in [3.8, 4) is 5.75 Å². The third-order valence-corrected chi connectivity index (χ3v) is 4.93. The zero-order valence-corrected chi connectivity index (χ0v) is 15.9. The highest BCUT2D eigenvalue weighted by atomic mass is 16.5. The quantitative estimate of drug-likeness (QED) is 0.624. The predicted molar refractivity (Wildman–Crippen MR) is 112 cm³/mol. The molecule has 30 heavy (non-hydrogen) atoms. The molecule has 6 heteroatoms. The van der Waals surface area contributed by atoms with Crippen molar-refractivity contribution in [1.29, 1.82) is 0 Å². The van der Waals surface area contributed by atoms with E-state index < -0.39 is 17.2 Å². The molecule has 0 amide bonds. The van der Waals surface area contributed by atoms with Gasteiger partial charge in [0.1, 0.15) is 16.9 Å². The number of ether oxygens (including phenoxy) is 1. The summed E-state index contributed by atoms with van der Waals surface area (Å²) in [5.74, 6) is -1.08. The Bertz CT molecular complexity index is 1230. The van der Waals surface area contributed by atoms with E-state index in [-0.39, 0.29) is 17.3 Å². The smallest absolute Gasteiger partial charge is 0.351 e. The van der Waals surface area contributed by atoms with Gasteiger partial charge in [0, 0.05) is 22.9 Å². The Morgan fingerprint density at radius 1 is 1.07 bits per heavy atom. The van der Waals surface area contributed by atoms with Gasteiger partial charge in [0.15, 0.2) is 5.78 Å². The van der Waals surface area contributed by atoms with Gasteiger partial charge in [0.25, 0.3) is 0 Å². The number of allylic oxidation sites excluding steroid dienone is 4. The number of fused-ring (bicyclic) bond motifs is 1. The van der Waals surface area contributed by atoms with Gasteiger partial charge in [0.05, 0.1) is 6.61 Å². The Labute approximate surface area is 171 Å². The average Bonchev–Trinajstić information content (AvgIpc) is 2.75. The normalized spacial score (nSPS) is 15.8. The summed E-state index contributed by atoms with van der Waals surface area (Å²) in [5.41, 5.74) is 0.490. The molecular formula is C24H18O6.